The maximum atomic E-state index is 9.31. The van der Waals surface area contributed by atoms with Crippen molar-refractivity contribution in [3.63, 3.8) is 0 Å². The number of aromatic nitrogens is 2. The lowest BCUT2D eigenvalue weighted by Crippen LogP contribution is -2.47. The lowest BCUT2D eigenvalue weighted by molar-refractivity contribution is 0.160. The summed E-state index contributed by atoms with van der Waals surface area (Å²) in [6, 6.07) is 0. The number of likely N-dealkylation sites (N-methyl/N-ethyl adjacent to an activating group) is 1. The van der Waals surface area contributed by atoms with Crippen LogP contribution >= 0.6 is 0 Å². The zero-order valence-corrected chi connectivity index (χ0v) is 10.3. The van der Waals surface area contributed by atoms with Crippen LogP contribution in [0, 0.1) is 20.8 Å². The van der Waals surface area contributed by atoms with Crippen molar-refractivity contribution >= 4 is 0 Å². The third kappa shape index (κ3) is 2.38. The van der Waals surface area contributed by atoms with Crippen molar-refractivity contribution in [3.8, 4) is 0 Å². The van der Waals surface area contributed by atoms with Crippen molar-refractivity contribution < 1.29 is 5.11 Å². The molecule has 0 amide bonds. The van der Waals surface area contributed by atoms with Crippen molar-refractivity contribution in [3.05, 3.63) is 17.0 Å². The van der Waals surface area contributed by atoms with E-state index in [1.165, 1.54) is 11.3 Å². The summed E-state index contributed by atoms with van der Waals surface area (Å²) in [6.45, 7) is 8.90. The van der Waals surface area contributed by atoms with E-state index in [-0.39, 0.29) is 12.1 Å². The molecule has 15 heavy (non-hydrogen) atoms. The predicted molar refractivity (Wildman–Crippen MR) is 61.0 cm³/mol. The van der Waals surface area contributed by atoms with E-state index in [4.69, 9.17) is 0 Å². The van der Waals surface area contributed by atoms with Gasteiger partial charge in [0.25, 0.3) is 0 Å². The Morgan fingerprint density at radius 2 is 2.00 bits per heavy atom. The predicted octanol–water partition coefficient (Wildman–Crippen LogP) is 0.779. The molecule has 1 aromatic heterocycles. The Labute approximate surface area is 91.3 Å². The first kappa shape index (κ1) is 12.2. The molecule has 1 atom stereocenters. The Morgan fingerprint density at radius 1 is 1.40 bits per heavy atom. The molecule has 0 aliphatic carbocycles. The fraction of sp³-hybridized carbons (Fsp3) is 0.727. The summed E-state index contributed by atoms with van der Waals surface area (Å²) in [5, 5.41) is 16.9. The molecular formula is C11H21N3O. The van der Waals surface area contributed by atoms with Gasteiger partial charge in [0.2, 0.25) is 0 Å². The van der Waals surface area contributed by atoms with Gasteiger partial charge in [0.15, 0.2) is 0 Å². The zero-order valence-electron chi connectivity index (χ0n) is 10.3. The minimum absolute atomic E-state index is 0.0981. The normalized spacial score (nSPS) is 15.3. The maximum absolute atomic E-state index is 9.31. The third-order valence-electron chi connectivity index (χ3n) is 3.19. The molecule has 0 aromatic carbocycles. The molecule has 0 bridgehead atoms. The van der Waals surface area contributed by atoms with Crippen LogP contribution in [0.15, 0.2) is 0 Å². The fourth-order valence-corrected chi connectivity index (χ4v) is 1.48. The summed E-state index contributed by atoms with van der Waals surface area (Å²) in [6.07, 6.45) is 0. The van der Waals surface area contributed by atoms with Crippen molar-refractivity contribution in [1.29, 1.82) is 0 Å². The van der Waals surface area contributed by atoms with Crippen LogP contribution < -0.4 is 5.32 Å². The van der Waals surface area contributed by atoms with E-state index in [0.29, 0.717) is 6.54 Å². The lowest BCUT2D eigenvalue weighted by Gasteiger charge is -2.27. The van der Waals surface area contributed by atoms with Gasteiger partial charge >= 0.3 is 0 Å². The van der Waals surface area contributed by atoms with E-state index < -0.39 is 0 Å². The number of hydrogen-bond donors (Lipinski definition) is 2. The number of nitrogens with one attached hydrogen (secondary N) is 1. The van der Waals surface area contributed by atoms with Gasteiger partial charge in [0.05, 0.1) is 24.4 Å². The van der Waals surface area contributed by atoms with Gasteiger partial charge in [-0.3, -0.25) is 4.68 Å². The summed E-state index contributed by atoms with van der Waals surface area (Å²) < 4.78 is 1.96. The quantitative estimate of drug-likeness (QED) is 0.773. The largest absolute Gasteiger partial charge is 0.394 e. The Hall–Kier alpha value is -0.870. The SMILES string of the molecule is CNC(C)(CO)Cn1nc(C)c(C)c1C. The zero-order chi connectivity index (χ0) is 11.6. The van der Waals surface area contributed by atoms with Gasteiger partial charge in [-0.2, -0.15) is 5.10 Å². The van der Waals surface area contributed by atoms with Gasteiger partial charge in [-0.1, -0.05) is 0 Å². The summed E-state index contributed by atoms with van der Waals surface area (Å²) in [5.74, 6) is 0. The molecule has 1 unspecified atom stereocenters. The summed E-state index contributed by atoms with van der Waals surface area (Å²) in [7, 11) is 1.86. The monoisotopic (exact) mass is 211 g/mol. The van der Waals surface area contributed by atoms with Gasteiger partial charge in [0.1, 0.15) is 0 Å². The van der Waals surface area contributed by atoms with Crippen molar-refractivity contribution in [2.24, 2.45) is 0 Å². The molecule has 0 radical (unpaired) electrons. The van der Waals surface area contributed by atoms with E-state index in [1.807, 2.05) is 25.6 Å². The molecule has 1 rings (SSSR count). The number of hydrogen-bond acceptors (Lipinski definition) is 3. The molecular weight excluding hydrogens is 190 g/mol. The topological polar surface area (TPSA) is 50.1 Å². The highest BCUT2D eigenvalue weighted by Gasteiger charge is 2.23. The number of aliphatic hydroxyl groups is 1. The highest BCUT2D eigenvalue weighted by atomic mass is 16.3. The van der Waals surface area contributed by atoms with Crippen LogP contribution in [0.4, 0.5) is 0 Å². The van der Waals surface area contributed by atoms with Gasteiger partial charge in [-0.15, -0.1) is 0 Å². The van der Waals surface area contributed by atoms with Crippen molar-refractivity contribution in [2.45, 2.75) is 39.8 Å². The van der Waals surface area contributed by atoms with Crippen LogP contribution in [0.2, 0.25) is 0 Å². The molecule has 4 heteroatoms. The molecule has 0 saturated carbocycles. The van der Waals surface area contributed by atoms with E-state index >= 15 is 0 Å². The molecule has 0 aliphatic heterocycles. The molecule has 2 N–H and O–H groups in total. The molecule has 4 nitrogen and oxygen atoms in total. The van der Waals surface area contributed by atoms with Crippen LogP contribution in [0.3, 0.4) is 0 Å². The highest BCUT2D eigenvalue weighted by Crippen LogP contribution is 2.14. The average Bonchev–Trinajstić information content (AvgIpc) is 2.46. The number of aryl methyl sites for hydroxylation is 1. The second-order valence-corrected chi connectivity index (χ2v) is 4.42. The minimum atomic E-state index is -0.310. The van der Waals surface area contributed by atoms with E-state index in [9.17, 15) is 5.11 Å². The van der Waals surface area contributed by atoms with E-state index in [0.717, 1.165) is 5.69 Å². The Bertz CT molecular complexity index is 340. The first-order chi connectivity index (χ1) is 6.93. The summed E-state index contributed by atoms with van der Waals surface area (Å²) >= 11 is 0. The second kappa shape index (κ2) is 4.33. The highest BCUT2D eigenvalue weighted by molar-refractivity contribution is 5.22. The number of rotatable bonds is 4. The Morgan fingerprint density at radius 3 is 2.33 bits per heavy atom. The third-order valence-corrected chi connectivity index (χ3v) is 3.19. The van der Waals surface area contributed by atoms with E-state index in [2.05, 4.69) is 24.3 Å². The minimum Gasteiger partial charge on any atom is -0.394 e. The van der Waals surface area contributed by atoms with Gasteiger partial charge in [0, 0.05) is 5.69 Å². The standard InChI is InChI=1S/C11H21N3O/c1-8-9(2)13-14(10(8)3)6-11(4,7-15)12-5/h12,15H,6-7H2,1-5H3. The molecule has 0 fully saturated rings. The molecule has 0 aliphatic rings. The Balaban J connectivity index is 2.94. The summed E-state index contributed by atoms with van der Waals surface area (Å²) in [5.41, 5.74) is 3.15. The first-order valence-corrected chi connectivity index (χ1v) is 5.24. The fourth-order valence-electron chi connectivity index (χ4n) is 1.48. The lowest BCUT2D eigenvalue weighted by atomic mass is 10.0. The van der Waals surface area contributed by atoms with Crippen molar-refractivity contribution in [2.75, 3.05) is 13.7 Å². The molecule has 1 aromatic rings. The van der Waals surface area contributed by atoms with Crippen LogP contribution in [-0.4, -0.2) is 34.1 Å². The first-order valence-electron chi connectivity index (χ1n) is 5.24. The number of aliphatic hydroxyl groups excluding tert-OH is 1. The molecule has 1 heterocycles. The van der Waals surface area contributed by atoms with Crippen LogP contribution in [0.1, 0.15) is 23.9 Å². The van der Waals surface area contributed by atoms with Crippen LogP contribution in [0.25, 0.3) is 0 Å². The average molecular weight is 211 g/mol. The molecule has 0 saturated heterocycles. The maximum Gasteiger partial charge on any atom is 0.0628 e. The van der Waals surface area contributed by atoms with Gasteiger partial charge in [-0.25, -0.2) is 0 Å². The smallest absolute Gasteiger partial charge is 0.0628 e. The van der Waals surface area contributed by atoms with Gasteiger partial charge in [-0.05, 0) is 40.3 Å². The van der Waals surface area contributed by atoms with Crippen molar-refractivity contribution in [1.82, 2.24) is 15.1 Å². The van der Waals surface area contributed by atoms with Crippen LogP contribution in [-0.2, 0) is 6.54 Å². The summed E-state index contributed by atoms with van der Waals surface area (Å²) in [4.78, 5) is 0. The van der Waals surface area contributed by atoms with E-state index in [1.54, 1.807) is 0 Å². The molecule has 86 valence electrons. The second-order valence-electron chi connectivity index (χ2n) is 4.42. The number of nitrogens with zero attached hydrogens (tertiary/aromatic N) is 2. The Kier molecular flexibility index (Phi) is 3.52. The van der Waals surface area contributed by atoms with Gasteiger partial charge < -0.3 is 10.4 Å². The van der Waals surface area contributed by atoms with Crippen LogP contribution in [0.5, 0.6) is 0 Å². The molecule has 0 spiro atoms.